The number of nitrogens with one attached hydrogen (secondary N) is 1. The van der Waals surface area contributed by atoms with Crippen molar-refractivity contribution >= 4 is 15.7 Å². The molecule has 0 aliphatic rings. The Balaban J connectivity index is 1.91. The van der Waals surface area contributed by atoms with Crippen LogP contribution in [0.15, 0.2) is 78.1 Å². The molecule has 2 N–H and O–H groups in total. The molecule has 188 valence electrons. The van der Waals surface area contributed by atoms with Gasteiger partial charge in [-0.15, -0.1) is 0 Å². The summed E-state index contributed by atoms with van der Waals surface area (Å²) < 4.78 is 46.0. The van der Waals surface area contributed by atoms with Crippen molar-refractivity contribution in [3.05, 3.63) is 78.9 Å². The molecule has 4 aromatic rings. The maximum Gasteiger partial charge on any atom is 0.263 e. The number of benzene rings is 1. The zero-order valence-electron chi connectivity index (χ0n) is 19.5. The van der Waals surface area contributed by atoms with E-state index in [1.807, 2.05) is 6.07 Å². The summed E-state index contributed by atoms with van der Waals surface area (Å²) in [6.07, 6.45) is 4.09. The molecule has 3 aromatic heterocycles. The highest BCUT2D eigenvalue weighted by Gasteiger charge is 2.24. The first-order chi connectivity index (χ1) is 17.9. The fourth-order valence-corrected chi connectivity index (χ4v) is 4.26. The second-order valence-electron chi connectivity index (χ2n) is 7.35. The lowest BCUT2D eigenvalue weighted by atomic mass is 10.1. The molecule has 11 nitrogen and oxygen atoms in total. The van der Waals surface area contributed by atoms with Crippen molar-refractivity contribution in [1.82, 2.24) is 15.0 Å². The van der Waals surface area contributed by atoms with Crippen molar-refractivity contribution in [3.63, 3.8) is 0 Å². The van der Waals surface area contributed by atoms with Crippen LogP contribution in [0.3, 0.4) is 0 Å². The van der Waals surface area contributed by atoms with Gasteiger partial charge in [-0.2, -0.15) is 5.26 Å². The Kier molecular flexibility index (Phi) is 7.77. The summed E-state index contributed by atoms with van der Waals surface area (Å²) in [7, 11) is -2.65. The zero-order chi connectivity index (χ0) is 26.3. The number of hydrogen-bond donors (Lipinski definition) is 2. The van der Waals surface area contributed by atoms with E-state index >= 15 is 0 Å². The van der Waals surface area contributed by atoms with Crippen LogP contribution in [0.1, 0.15) is 5.69 Å². The van der Waals surface area contributed by atoms with Gasteiger partial charge in [-0.1, -0.05) is 12.1 Å². The molecule has 0 spiro atoms. The highest BCUT2D eigenvalue weighted by molar-refractivity contribution is 7.92. The molecule has 0 radical (unpaired) electrons. The number of methoxy groups -OCH3 is 1. The number of ether oxygens (including phenoxy) is 3. The number of rotatable bonds is 10. The molecule has 0 amide bonds. The van der Waals surface area contributed by atoms with E-state index in [1.54, 1.807) is 30.3 Å². The van der Waals surface area contributed by atoms with E-state index in [1.165, 1.54) is 50.0 Å². The van der Waals surface area contributed by atoms with Gasteiger partial charge in [-0.3, -0.25) is 9.71 Å². The maximum atomic E-state index is 13.2. The number of hydrogen-bond acceptors (Lipinski definition) is 10. The van der Waals surface area contributed by atoms with Gasteiger partial charge in [0.1, 0.15) is 23.3 Å². The van der Waals surface area contributed by atoms with E-state index in [9.17, 15) is 18.8 Å². The molecular formula is C25H21N5O6S. The van der Waals surface area contributed by atoms with Crippen molar-refractivity contribution < 1.29 is 27.7 Å². The summed E-state index contributed by atoms with van der Waals surface area (Å²) in [5.41, 5.74) is 0.876. The van der Waals surface area contributed by atoms with Crippen LogP contribution in [0.25, 0.3) is 11.3 Å². The van der Waals surface area contributed by atoms with Gasteiger partial charge in [0.25, 0.3) is 15.9 Å². The van der Waals surface area contributed by atoms with Gasteiger partial charge in [0.2, 0.25) is 5.75 Å². The van der Waals surface area contributed by atoms with Gasteiger partial charge in [0, 0.05) is 24.2 Å². The van der Waals surface area contributed by atoms with Crippen molar-refractivity contribution in [1.29, 1.82) is 5.26 Å². The van der Waals surface area contributed by atoms with Crippen LogP contribution in [-0.4, -0.2) is 48.8 Å². The van der Waals surface area contributed by atoms with E-state index in [0.717, 1.165) is 0 Å². The summed E-state index contributed by atoms with van der Waals surface area (Å²) in [6.45, 7) is -0.474. The summed E-state index contributed by atoms with van der Waals surface area (Å²) >= 11 is 0. The summed E-state index contributed by atoms with van der Waals surface area (Å²) in [4.78, 5) is 12.2. The van der Waals surface area contributed by atoms with E-state index in [0.29, 0.717) is 11.3 Å². The molecule has 3 heterocycles. The first kappa shape index (κ1) is 25.4. The van der Waals surface area contributed by atoms with Crippen molar-refractivity contribution in [2.24, 2.45) is 0 Å². The second kappa shape index (κ2) is 11.3. The number of pyridine rings is 3. The molecular weight excluding hydrogens is 498 g/mol. The van der Waals surface area contributed by atoms with Crippen molar-refractivity contribution in [2.45, 2.75) is 4.90 Å². The molecule has 0 unspecified atom stereocenters. The molecule has 4 rings (SSSR count). The lowest BCUT2D eigenvalue weighted by Crippen LogP contribution is -2.15. The first-order valence-corrected chi connectivity index (χ1v) is 12.3. The van der Waals surface area contributed by atoms with E-state index < -0.39 is 10.0 Å². The van der Waals surface area contributed by atoms with Crippen LogP contribution < -0.4 is 18.9 Å². The Hall–Kier alpha value is -4.73. The van der Waals surface area contributed by atoms with Gasteiger partial charge in [0.15, 0.2) is 11.5 Å². The molecule has 0 aliphatic carbocycles. The monoisotopic (exact) mass is 519 g/mol. The Morgan fingerprint density at radius 3 is 2.59 bits per heavy atom. The second-order valence-corrected chi connectivity index (χ2v) is 9.03. The molecule has 0 atom stereocenters. The van der Waals surface area contributed by atoms with E-state index in [4.69, 9.17) is 14.2 Å². The number of aliphatic hydroxyl groups is 1. The standard InChI is InChI=1S/C25H21N5O6S/c1-34-22-6-2-3-7-23(22)36-24-21(30-37(32,33)19-5-4-9-27-16-19)14-20(29-25(24)35-12-11-31)17-8-10-28-18(13-17)15-26/h2-10,13-14,16,31H,11-12H2,1H3,(H,29,30). The summed E-state index contributed by atoms with van der Waals surface area (Å²) in [5, 5.41) is 18.6. The van der Waals surface area contributed by atoms with Crippen LogP contribution in [-0.2, 0) is 10.0 Å². The molecule has 12 heteroatoms. The van der Waals surface area contributed by atoms with Crippen LogP contribution in [0.2, 0.25) is 0 Å². The maximum absolute atomic E-state index is 13.2. The quantitative estimate of drug-likeness (QED) is 0.318. The van der Waals surface area contributed by atoms with Gasteiger partial charge >= 0.3 is 0 Å². The smallest absolute Gasteiger partial charge is 0.263 e. The predicted molar refractivity (Wildman–Crippen MR) is 133 cm³/mol. The largest absolute Gasteiger partial charge is 0.493 e. The molecule has 37 heavy (non-hydrogen) atoms. The zero-order valence-corrected chi connectivity index (χ0v) is 20.3. The first-order valence-electron chi connectivity index (χ1n) is 10.8. The number of anilines is 1. The lowest BCUT2D eigenvalue weighted by molar-refractivity contribution is 0.193. The topological polar surface area (TPSA) is 157 Å². The van der Waals surface area contributed by atoms with Gasteiger partial charge < -0.3 is 19.3 Å². The van der Waals surface area contributed by atoms with Gasteiger partial charge in [0.05, 0.1) is 25.1 Å². The van der Waals surface area contributed by atoms with Crippen LogP contribution >= 0.6 is 0 Å². The number of nitrogens with zero attached hydrogens (tertiary/aromatic N) is 4. The number of nitriles is 1. The Morgan fingerprint density at radius 2 is 1.89 bits per heavy atom. The third kappa shape index (κ3) is 5.92. The third-order valence-corrected chi connectivity index (χ3v) is 6.26. The summed E-state index contributed by atoms with van der Waals surface area (Å²) in [5.74, 6) is 0.486. The van der Waals surface area contributed by atoms with Gasteiger partial charge in [-0.25, -0.2) is 18.4 Å². The fourth-order valence-electron chi connectivity index (χ4n) is 3.25. The molecule has 0 saturated heterocycles. The van der Waals surface area contributed by atoms with Gasteiger partial charge in [-0.05, 0) is 42.5 Å². The molecule has 0 fully saturated rings. The molecule has 0 aliphatic heterocycles. The summed E-state index contributed by atoms with van der Waals surface area (Å²) in [6, 6.07) is 16.2. The SMILES string of the molecule is COc1ccccc1Oc1c(NS(=O)(=O)c2cccnc2)cc(-c2ccnc(C#N)c2)nc1OCCO. The predicted octanol–water partition coefficient (Wildman–Crippen LogP) is 3.38. The van der Waals surface area contributed by atoms with Crippen LogP contribution in [0, 0.1) is 11.3 Å². The number of para-hydroxylation sites is 2. The van der Waals surface area contributed by atoms with Crippen LogP contribution in [0.5, 0.6) is 23.1 Å². The number of aliphatic hydroxyl groups excluding tert-OH is 1. The lowest BCUT2D eigenvalue weighted by Gasteiger charge is -2.19. The highest BCUT2D eigenvalue weighted by Crippen LogP contribution is 2.43. The Morgan fingerprint density at radius 1 is 1.08 bits per heavy atom. The fraction of sp³-hybridized carbons (Fsp3) is 0.120. The average molecular weight is 520 g/mol. The average Bonchev–Trinajstić information content (AvgIpc) is 2.93. The molecule has 0 bridgehead atoms. The normalized spacial score (nSPS) is 10.8. The minimum absolute atomic E-state index is 0.0111. The highest BCUT2D eigenvalue weighted by atomic mass is 32.2. The van der Waals surface area contributed by atoms with E-state index in [2.05, 4.69) is 19.7 Å². The third-order valence-electron chi connectivity index (χ3n) is 4.91. The van der Waals surface area contributed by atoms with Crippen LogP contribution in [0.4, 0.5) is 5.69 Å². The van der Waals surface area contributed by atoms with E-state index in [-0.39, 0.29) is 52.6 Å². The Bertz CT molecular complexity index is 1540. The molecule has 0 saturated carbocycles. The molecule has 1 aromatic carbocycles. The Labute approximate surface area is 213 Å². The number of sulfonamides is 1. The minimum atomic E-state index is -4.11. The number of aromatic nitrogens is 3. The van der Waals surface area contributed by atoms with Crippen molar-refractivity contribution in [3.8, 4) is 40.5 Å². The van der Waals surface area contributed by atoms with Crippen molar-refractivity contribution in [2.75, 3.05) is 25.0 Å². The minimum Gasteiger partial charge on any atom is -0.493 e.